The van der Waals surface area contributed by atoms with Crippen LogP contribution in [0.3, 0.4) is 0 Å². The van der Waals surface area contributed by atoms with Gasteiger partial charge in [0, 0.05) is 37.2 Å². The van der Waals surface area contributed by atoms with Crippen molar-refractivity contribution in [3.05, 3.63) is 11.9 Å². The Balaban J connectivity index is 1.94. The van der Waals surface area contributed by atoms with Crippen LogP contribution in [-0.4, -0.2) is 40.0 Å². The molecule has 1 aromatic heterocycles. The fourth-order valence-corrected chi connectivity index (χ4v) is 2.58. The first-order valence-electron chi connectivity index (χ1n) is 7.86. The van der Waals surface area contributed by atoms with Gasteiger partial charge in [-0.1, -0.05) is 0 Å². The van der Waals surface area contributed by atoms with Crippen molar-refractivity contribution in [2.75, 3.05) is 23.8 Å². The zero-order valence-electron chi connectivity index (χ0n) is 13.6. The largest absolute Gasteiger partial charge is 0.369 e. The fourth-order valence-electron chi connectivity index (χ4n) is 2.58. The maximum absolute atomic E-state index is 5.49. The topological polar surface area (TPSA) is 79.1 Å². The first-order valence-corrected chi connectivity index (χ1v) is 7.86. The normalized spacial score (nSPS) is 15.0. The Kier molecular flexibility index (Phi) is 5.36. The molecule has 21 heavy (non-hydrogen) atoms. The molecular weight excluding hydrogens is 264 g/mol. The van der Waals surface area contributed by atoms with Crippen LogP contribution in [-0.2, 0) is 0 Å². The van der Waals surface area contributed by atoms with Crippen molar-refractivity contribution in [3.8, 4) is 0 Å². The minimum absolute atomic E-state index is 0.515. The van der Waals surface area contributed by atoms with Gasteiger partial charge in [0.2, 0.25) is 0 Å². The Hall–Kier alpha value is -1.40. The molecule has 1 heterocycles. The molecule has 4 N–H and O–H groups in total. The van der Waals surface area contributed by atoms with Gasteiger partial charge in [0.05, 0.1) is 0 Å². The summed E-state index contributed by atoms with van der Waals surface area (Å²) in [6.07, 6.45) is 2.36. The lowest BCUT2D eigenvalue weighted by Gasteiger charge is -2.30. The van der Waals surface area contributed by atoms with Gasteiger partial charge < -0.3 is 10.7 Å². The molecule has 0 bridgehead atoms. The number of nitrogen functional groups attached to an aromatic ring is 1. The van der Waals surface area contributed by atoms with E-state index in [9.17, 15) is 0 Å². The number of hydrogen-bond donors (Lipinski definition) is 3. The van der Waals surface area contributed by atoms with E-state index in [-0.39, 0.29) is 0 Å². The standard InChI is InChI=1S/C15H28N6/c1-10(2)21(11(3)4)8-7-17-13-9-14(20-16)19-15(18-13)12-5-6-12/h9-12H,5-8,16H2,1-4H3,(H2,17,18,19,20). The van der Waals surface area contributed by atoms with Crippen molar-refractivity contribution >= 4 is 11.6 Å². The van der Waals surface area contributed by atoms with Crippen molar-refractivity contribution in [1.29, 1.82) is 0 Å². The molecule has 1 aliphatic carbocycles. The molecule has 0 saturated heterocycles. The first-order chi connectivity index (χ1) is 10.0. The molecule has 1 fully saturated rings. The lowest BCUT2D eigenvalue weighted by atomic mass is 10.2. The van der Waals surface area contributed by atoms with Gasteiger partial charge in [-0.05, 0) is 40.5 Å². The summed E-state index contributed by atoms with van der Waals surface area (Å²) in [5.41, 5.74) is 2.62. The van der Waals surface area contributed by atoms with Gasteiger partial charge in [-0.2, -0.15) is 0 Å². The minimum Gasteiger partial charge on any atom is -0.369 e. The van der Waals surface area contributed by atoms with Crippen LogP contribution in [0.2, 0.25) is 0 Å². The Morgan fingerprint density at radius 2 is 1.81 bits per heavy atom. The summed E-state index contributed by atoms with van der Waals surface area (Å²) < 4.78 is 0. The number of nitrogens with one attached hydrogen (secondary N) is 2. The van der Waals surface area contributed by atoms with Crippen LogP contribution in [0, 0.1) is 0 Å². The van der Waals surface area contributed by atoms with Gasteiger partial charge in [-0.25, -0.2) is 15.8 Å². The van der Waals surface area contributed by atoms with Gasteiger partial charge in [0.25, 0.3) is 0 Å². The predicted octanol–water partition coefficient (Wildman–Crippen LogP) is 2.17. The summed E-state index contributed by atoms with van der Waals surface area (Å²) in [5.74, 6) is 8.44. The number of aromatic nitrogens is 2. The molecule has 0 aliphatic heterocycles. The number of hydrogen-bond acceptors (Lipinski definition) is 6. The first kappa shape index (κ1) is 16.0. The Morgan fingerprint density at radius 3 is 2.33 bits per heavy atom. The van der Waals surface area contributed by atoms with E-state index < -0.39 is 0 Å². The summed E-state index contributed by atoms with van der Waals surface area (Å²) in [6.45, 7) is 10.8. The number of nitrogens with two attached hydrogens (primary N) is 1. The Bertz CT molecular complexity index is 447. The third kappa shape index (κ3) is 4.54. The second-order valence-electron chi connectivity index (χ2n) is 6.27. The molecule has 0 amide bonds. The maximum atomic E-state index is 5.49. The highest BCUT2D eigenvalue weighted by Gasteiger charge is 2.27. The van der Waals surface area contributed by atoms with Crippen molar-refractivity contribution in [2.45, 2.75) is 58.5 Å². The van der Waals surface area contributed by atoms with Crippen LogP contribution in [0.15, 0.2) is 6.07 Å². The molecule has 0 aromatic carbocycles. The average molecular weight is 292 g/mol. The lowest BCUT2D eigenvalue weighted by Crippen LogP contribution is -2.40. The van der Waals surface area contributed by atoms with E-state index >= 15 is 0 Å². The zero-order chi connectivity index (χ0) is 15.4. The van der Waals surface area contributed by atoms with Crippen molar-refractivity contribution in [1.82, 2.24) is 14.9 Å². The third-order valence-corrected chi connectivity index (χ3v) is 3.84. The van der Waals surface area contributed by atoms with E-state index in [0.717, 1.165) is 24.7 Å². The van der Waals surface area contributed by atoms with Crippen LogP contribution in [0.1, 0.15) is 52.3 Å². The lowest BCUT2D eigenvalue weighted by molar-refractivity contribution is 0.182. The van der Waals surface area contributed by atoms with E-state index in [1.807, 2.05) is 6.07 Å². The molecule has 6 nitrogen and oxygen atoms in total. The molecule has 1 saturated carbocycles. The molecule has 118 valence electrons. The van der Waals surface area contributed by atoms with Crippen molar-refractivity contribution < 1.29 is 0 Å². The smallest absolute Gasteiger partial charge is 0.145 e. The molecule has 1 aliphatic rings. The van der Waals surface area contributed by atoms with E-state index in [4.69, 9.17) is 5.84 Å². The molecule has 2 rings (SSSR count). The van der Waals surface area contributed by atoms with Gasteiger partial charge in [-0.15, -0.1) is 0 Å². The quantitative estimate of drug-likeness (QED) is 0.503. The molecular formula is C15H28N6. The Labute approximate surface area is 127 Å². The molecule has 0 radical (unpaired) electrons. The zero-order valence-corrected chi connectivity index (χ0v) is 13.6. The summed E-state index contributed by atoms with van der Waals surface area (Å²) in [7, 11) is 0. The number of hydrazine groups is 1. The summed E-state index contributed by atoms with van der Waals surface area (Å²) in [5, 5.41) is 3.39. The molecule has 6 heteroatoms. The SMILES string of the molecule is CC(C)N(CCNc1cc(NN)nc(C2CC2)n1)C(C)C. The second-order valence-corrected chi connectivity index (χ2v) is 6.27. The van der Waals surface area contributed by atoms with E-state index in [0.29, 0.717) is 23.8 Å². The second kappa shape index (κ2) is 7.04. The van der Waals surface area contributed by atoms with Gasteiger partial charge in [0.15, 0.2) is 0 Å². The van der Waals surface area contributed by atoms with Gasteiger partial charge >= 0.3 is 0 Å². The Morgan fingerprint density at radius 1 is 1.19 bits per heavy atom. The molecule has 0 unspecified atom stereocenters. The highest BCUT2D eigenvalue weighted by Crippen LogP contribution is 2.38. The number of rotatable bonds is 8. The molecule has 1 aromatic rings. The predicted molar refractivity (Wildman–Crippen MR) is 87.3 cm³/mol. The highest BCUT2D eigenvalue weighted by atomic mass is 15.3. The summed E-state index contributed by atoms with van der Waals surface area (Å²) >= 11 is 0. The van der Waals surface area contributed by atoms with Gasteiger partial charge in [-0.3, -0.25) is 4.90 Å². The van der Waals surface area contributed by atoms with Crippen molar-refractivity contribution in [3.63, 3.8) is 0 Å². The summed E-state index contributed by atoms with van der Waals surface area (Å²) in [6, 6.07) is 2.95. The van der Waals surface area contributed by atoms with Crippen LogP contribution < -0.4 is 16.6 Å². The highest BCUT2D eigenvalue weighted by molar-refractivity contribution is 5.47. The summed E-state index contributed by atoms with van der Waals surface area (Å²) in [4.78, 5) is 11.5. The van der Waals surface area contributed by atoms with Crippen LogP contribution in [0.25, 0.3) is 0 Å². The maximum Gasteiger partial charge on any atom is 0.145 e. The van der Waals surface area contributed by atoms with Crippen LogP contribution >= 0.6 is 0 Å². The number of anilines is 2. The fraction of sp³-hybridized carbons (Fsp3) is 0.733. The number of nitrogens with zero attached hydrogens (tertiary/aromatic N) is 3. The van der Waals surface area contributed by atoms with Gasteiger partial charge in [0.1, 0.15) is 17.5 Å². The van der Waals surface area contributed by atoms with Crippen LogP contribution in [0.5, 0.6) is 0 Å². The van der Waals surface area contributed by atoms with E-state index in [2.05, 4.69) is 53.3 Å². The van der Waals surface area contributed by atoms with Crippen LogP contribution in [0.4, 0.5) is 11.6 Å². The van der Waals surface area contributed by atoms with Crippen molar-refractivity contribution in [2.24, 2.45) is 5.84 Å². The third-order valence-electron chi connectivity index (χ3n) is 3.84. The average Bonchev–Trinajstić information content (AvgIpc) is 3.26. The van der Waals surface area contributed by atoms with E-state index in [1.165, 1.54) is 12.8 Å². The minimum atomic E-state index is 0.515. The molecule has 0 spiro atoms. The molecule has 0 atom stereocenters. The monoisotopic (exact) mass is 292 g/mol. The van der Waals surface area contributed by atoms with E-state index in [1.54, 1.807) is 0 Å².